The van der Waals surface area contributed by atoms with Crippen LogP contribution in [0.25, 0.3) is 0 Å². The molecule has 0 aliphatic carbocycles. The van der Waals surface area contributed by atoms with Crippen LogP contribution in [-0.2, 0) is 4.79 Å². The largest absolute Gasteiger partial charge is 0.496 e. The zero-order valence-corrected chi connectivity index (χ0v) is 11.2. The monoisotopic (exact) mass is 264 g/mol. The molecule has 5 nitrogen and oxygen atoms in total. The lowest BCUT2D eigenvalue weighted by molar-refractivity contribution is -0.123. The van der Waals surface area contributed by atoms with Gasteiger partial charge in [0.15, 0.2) is 0 Å². The van der Waals surface area contributed by atoms with Gasteiger partial charge in [0.25, 0.3) is 0 Å². The fraction of sp³-hybridized carbons (Fsp3) is 0.500. The van der Waals surface area contributed by atoms with E-state index in [1.54, 1.807) is 7.11 Å². The number of methoxy groups -OCH3 is 1. The minimum atomic E-state index is -0.433. The number of benzene rings is 1. The van der Waals surface area contributed by atoms with Gasteiger partial charge < -0.3 is 20.5 Å². The fourth-order valence-corrected chi connectivity index (χ4v) is 2.33. The maximum absolute atomic E-state index is 12.0. The highest BCUT2D eigenvalue weighted by molar-refractivity contribution is 5.82. The van der Waals surface area contributed by atoms with Crippen molar-refractivity contribution in [2.45, 2.75) is 31.5 Å². The molecular weight excluding hydrogens is 244 g/mol. The lowest BCUT2D eigenvalue weighted by Gasteiger charge is -2.19. The van der Waals surface area contributed by atoms with Gasteiger partial charge in [0.05, 0.1) is 25.3 Å². The Kier molecular flexibility index (Phi) is 4.39. The van der Waals surface area contributed by atoms with Crippen molar-refractivity contribution in [1.29, 1.82) is 0 Å². The SMILES string of the molecule is COc1ccccc1C(C)NC(=O)C1CC(O)CN1. The highest BCUT2D eigenvalue weighted by Crippen LogP contribution is 2.24. The summed E-state index contributed by atoms with van der Waals surface area (Å²) in [6.07, 6.45) is 0.0297. The van der Waals surface area contributed by atoms with E-state index in [9.17, 15) is 9.90 Å². The van der Waals surface area contributed by atoms with Gasteiger partial charge in [0.1, 0.15) is 5.75 Å². The molecule has 3 atom stereocenters. The van der Waals surface area contributed by atoms with E-state index < -0.39 is 6.10 Å². The molecule has 0 spiro atoms. The number of carbonyl (C=O) groups excluding carboxylic acids is 1. The lowest BCUT2D eigenvalue weighted by Crippen LogP contribution is -2.41. The van der Waals surface area contributed by atoms with E-state index in [4.69, 9.17) is 4.74 Å². The minimum absolute atomic E-state index is 0.0880. The van der Waals surface area contributed by atoms with E-state index in [-0.39, 0.29) is 18.0 Å². The van der Waals surface area contributed by atoms with Crippen LogP contribution < -0.4 is 15.4 Å². The summed E-state index contributed by atoms with van der Waals surface area (Å²) < 4.78 is 5.28. The molecule has 0 bridgehead atoms. The molecule has 1 aliphatic rings. The van der Waals surface area contributed by atoms with Gasteiger partial charge in [-0.2, -0.15) is 0 Å². The number of β-amino-alcohol motifs (C(OH)–C–C–N with tert-alkyl or cyclic N) is 1. The first-order valence-corrected chi connectivity index (χ1v) is 6.46. The fourth-order valence-electron chi connectivity index (χ4n) is 2.33. The Morgan fingerprint density at radius 3 is 2.89 bits per heavy atom. The average Bonchev–Trinajstić information content (AvgIpc) is 2.85. The van der Waals surface area contributed by atoms with Gasteiger partial charge >= 0.3 is 0 Å². The summed E-state index contributed by atoms with van der Waals surface area (Å²) in [4.78, 5) is 12.0. The summed E-state index contributed by atoms with van der Waals surface area (Å²) in [5.41, 5.74) is 0.942. The highest BCUT2D eigenvalue weighted by Gasteiger charge is 2.29. The molecule has 2 rings (SSSR count). The van der Waals surface area contributed by atoms with Crippen LogP contribution in [0.1, 0.15) is 24.9 Å². The molecule has 3 N–H and O–H groups in total. The van der Waals surface area contributed by atoms with Gasteiger partial charge in [0, 0.05) is 12.1 Å². The quantitative estimate of drug-likeness (QED) is 0.744. The van der Waals surface area contributed by atoms with Gasteiger partial charge in [-0.1, -0.05) is 18.2 Å². The minimum Gasteiger partial charge on any atom is -0.496 e. The van der Waals surface area contributed by atoms with E-state index in [1.165, 1.54) is 0 Å². The Morgan fingerprint density at radius 1 is 1.53 bits per heavy atom. The number of amides is 1. The van der Waals surface area contributed by atoms with Crippen molar-refractivity contribution in [3.8, 4) is 5.75 Å². The van der Waals surface area contributed by atoms with Crippen LogP contribution in [0.3, 0.4) is 0 Å². The van der Waals surface area contributed by atoms with Crippen molar-refractivity contribution in [2.75, 3.05) is 13.7 Å². The number of aliphatic hydroxyl groups excluding tert-OH is 1. The maximum atomic E-state index is 12.0. The third-order valence-electron chi connectivity index (χ3n) is 3.39. The van der Waals surface area contributed by atoms with Crippen LogP contribution in [0.2, 0.25) is 0 Å². The van der Waals surface area contributed by atoms with Gasteiger partial charge in [-0.15, -0.1) is 0 Å². The molecule has 104 valence electrons. The lowest BCUT2D eigenvalue weighted by atomic mass is 10.1. The number of hydrogen-bond donors (Lipinski definition) is 3. The summed E-state index contributed by atoms with van der Waals surface area (Å²) in [5.74, 6) is 0.671. The van der Waals surface area contributed by atoms with Crippen molar-refractivity contribution in [3.63, 3.8) is 0 Å². The number of nitrogens with one attached hydrogen (secondary N) is 2. The molecule has 1 fully saturated rings. The Bertz CT molecular complexity index is 450. The van der Waals surface area contributed by atoms with Crippen LogP contribution in [-0.4, -0.2) is 36.8 Å². The molecular formula is C14H20N2O3. The topological polar surface area (TPSA) is 70.6 Å². The first kappa shape index (κ1) is 13.8. The van der Waals surface area contributed by atoms with E-state index in [0.29, 0.717) is 13.0 Å². The number of ether oxygens (including phenoxy) is 1. The summed E-state index contributed by atoms with van der Waals surface area (Å²) in [5, 5.41) is 15.4. The van der Waals surface area contributed by atoms with Gasteiger partial charge in [0.2, 0.25) is 5.91 Å². The van der Waals surface area contributed by atoms with Crippen LogP contribution in [0.5, 0.6) is 5.75 Å². The summed E-state index contributed by atoms with van der Waals surface area (Å²) in [6.45, 7) is 2.39. The predicted molar refractivity (Wildman–Crippen MR) is 72.0 cm³/mol. The second-order valence-electron chi connectivity index (χ2n) is 4.82. The molecule has 1 aromatic rings. The van der Waals surface area contributed by atoms with E-state index in [2.05, 4.69) is 10.6 Å². The summed E-state index contributed by atoms with van der Waals surface area (Å²) in [6, 6.07) is 7.16. The van der Waals surface area contributed by atoms with Gasteiger partial charge in [-0.3, -0.25) is 4.79 Å². The molecule has 3 unspecified atom stereocenters. The standard InChI is InChI=1S/C14H20N2O3/c1-9(11-5-3-4-6-13(11)19-2)16-14(18)12-7-10(17)8-15-12/h3-6,9-10,12,15,17H,7-8H2,1-2H3,(H,16,18). The van der Waals surface area contributed by atoms with Crippen LogP contribution in [0.15, 0.2) is 24.3 Å². The van der Waals surface area contributed by atoms with Crippen molar-refractivity contribution < 1.29 is 14.6 Å². The molecule has 5 heteroatoms. The first-order valence-electron chi connectivity index (χ1n) is 6.46. The molecule has 0 saturated carbocycles. The third-order valence-corrected chi connectivity index (χ3v) is 3.39. The normalized spacial score (nSPS) is 23.9. The van der Waals surface area contributed by atoms with Crippen LogP contribution >= 0.6 is 0 Å². The molecule has 1 aromatic carbocycles. The number of aliphatic hydroxyl groups is 1. The van der Waals surface area contributed by atoms with Crippen molar-refractivity contribution in [3.05, 3.63) is 29.8 Å². The summed E-state index contributed by atoms with van der Waals surface area (Å²) >= 11 is 0. The second kappa shape index (κ2) is 6.04. The Labute approximate surface area is 113 Å². The molecule has 0 radical (unpaired) electrons. The average molecular weight is 264 g/mol. The zero-order chi connectivity index (χ0) is 13.8. The summed E-state index contributed by atoms with van der Waals surface area (Å²) in [7, 11) is 1.61. The third kappa shape index (κ3) is 3.24. The van der Waals surface area contributed by atoms with Crippen LogP contribution in [0.4, 0.5) is 0 Å². The smallest absolute Gasteiger partial charge is 0.237 e. The van der Waals surface area contributed by atoms with Crippen molar-refractivity contribution in [2.24, 2.45) is 0 Å². The van der Waals surface area contributed by atoms with Crippen molar-refractivity contribution >= 4 is 5.91 Å². The zero-order valence-electron chi connectivity index (χ0n) is 11.2. The van der Waals surface area contributed by atoms with E-state index in [1.807, 2.05) is 31.2 Å². The molecule has 1 amide bonds. The molecule has 0 aromatic heterocycles. The second-order valence-corrected chi connectivity index (χ2v) is 4.82. The highest BCUT2D eigenvalue weighted by atomic mass is 16.5. The number of hydrogen-bond acceptors (Lipinski definition) is 4. The first-order chi connectivity index (χ1) is 9.11. The Hall–Kier alpha value is -1.59. The van der Waals surface area contributed by atoms with E-state index >= 15 is 0 Å². The predicted octanol–water partition coefficient (Wildman–Crippen LogP) is 0.595. The van der Waals surface area contributed by atoms with Crippen LogP contribution in [0, 0.1) is 0 Å². The number of para-hydroxylation sites is 1. The maximum Gasteiger partial charge on any atom is 0.237 e. The van der Waals surface area contributed by atoms with Gasteiger partial charge in [-0.05, 0) is 19.4 Å². The molecule has 1 heterocycles. The number of rotatable bonds is 4. The van der Waals surface area contributed by atoms with E-state index in [0.717, 1.165) is 11.3 Å². The number of carbonyl (C=O) groups is 1. The Balaban J connectivity index is 2.00. The molecule has 1 aliphatic heterocycles. The molecule has 1 saturated heterocycles. The molecule has 19 heavy (non-hydrogen) atoms. The van der Waals surface area contributed by atoms with Gasteiger partial charge in [-0.25, -0.2) is 0 Å². The van der Waals surface area contributed by atoms with Crippen molar-refractivity contribution in [1.82, 2.24) is 10.6 Å². The Morgan fingerprint density at radius 2 is 2.26 bits per heavy atom.